The van der Waals surface area contributed by atoms with Crippen LogP contribution in [-0.2, 0) is 5.75 Å². The van der Waals surface area contributed by atoms with Crippen molar-refractivity contribution in [2.75, 3.05) is 7.11 Å². The van der Waals surface area contributed by atoms with E-state index >= 15 is 0 Å². The second-order valence-corrected chi connectivity index (χ2v) is 6.91. The molecule has 0 fully saturated rings. The molecule has 0 atom stereocenters. The molecule has 0 radical (unpaired) electrons. The minimum atomic E-state index is 0.490. The van der Waals surface area contributed by atoms with E-state index in [2.05, 4.69) is 21.2 Å². The third-order valence-electron chi connectivity index (χ3n) is 3.96. The van der Waals surface area contributed by atoms with Crippen LogP contribution in [0.4, 0.5) is 0 Å². The summed E-state index contributed by atoms with van der Waals surface area (Å²) in [4.78, 5) is 4.49. The summed E-state index contributed by atoms with van der Waals surface area (Å²) in [5.74, 6) is 1.42. The Morgan fingerprint density at radius 3 is 2.77 bits per heavy atom. The largest absolute Gasteiger partial charge is 0.497 e. The van der Waals surface area contributed by atoms with Gasteiger partial charge in [0.1, 0.15) is 17.2 Å². The number of benzene rings is 2. The van der Waals surface area contributed by atoms with Gasteiger partial charge in [-0.25, -0.2) is 4.98 Å². The number of para-hydroxylation sites is 1. The smallest absolute Gasteiger partial charge is 0.195 e. The average molecular weight is 383 g/mol. The highest BCUT2D eigenvalue weighted by atomic mass is 35.5. The summed E-state index contributed by atoms with van der Waals surface area (Å²) < 4.78 is 7.20. The van der Waals surface area contributed by atoms with Gasteiger partial charge in [-0.05, 0) is 30.3 Å². The van der Waals surface area contributed by atoms with Crippen LogP contribution in [0.15, 0.2) is 66.1 Å². The van der Waals surface area contributed by atoms with Gasteiger partial charge in [0.15, 0.2) is 5.16 Å². The molecule has 0 N–H and O–H groups in total. The Morgan fingerprint density at radius 2 is 1.96 bits per heavy atom. The quantitative estimate of drug-likeness (QED) is 0.367. The Labute approximate surface area is 160 Å². The van der Waals surface area contributed by atoms with E-state index in [9.17, 15) is 0 Å². The Balaban J connectivity index is 1.59. The molecule has 0 amide bonds. The van der Waals surface area contributed by atoms with Crippen LogP contribution >= 0.6 is 23.4 Å². The first-order valence-corrected chi connectivity index (χ1v) is 9.32. The van der Waals surface area contributed by atoms with Gasteiger partial charge in [-0.2, -0.15) is 0 Å². The molecule has 2 heterocycles. The number of methoxy groups -OCH3 is 1. The fraction of sp³-hybridized carbons (Fsp3) is 0.105. The van der Waals surface area contributed by atoms with Gasteiger partial charge < -0.3 is 4.74 Å². The zero-order valence-corrected chi connectivity index (χ0v) is 15.5. The second kappa shape index (κ2) is 7.35. The van der Waals surface area contributed by atoms with Crippen molar-refractivity contribution in [3.8, 4) is 11.4 Å². The zero-order chi connectivity index (χ0) is 17.9. The van der Waals surface area contributed by atoms with Gasteiger partial charge in [0.2, 0.25) is 0 Å². The Kier molecular flexibility index (Phi) is 4.77. The third-order valence-corrected chi connectivity index (χ3v) is 5.28. The molecule has 0 saturated carbocycles. The summed E-state index contributed by atoms with van der Waals surface area (Å²) in [5.41, 5.74) is 2.79. The monoisotopic (exact) mass is 382 g/mol. The molecule has 4 aromatic rings. The minimum Gasteiger partial charge on any atom is -0.497 e. The van der Waals surface area contributed by atoms with Crippen LogP contribution in [0.5, 0.6) is 5.75 Å². The lowest BCUT2D eigenvalue weighted by Crippen LogP contribution is -1.96. The Hall–Kier alpha value is -2.57. The number of aromatic nitrogens is 4. The lowest BCUT2D eigenvalue weighted by molar-refractivity contribution is 0.415. The Morgan fingerprint density at radius 1 is 1.12 bits per heavy atom. The van der Waals surface area contributed by atoms with Gasteiger partial charge in [0.05, 0.1) is 12.6 Å². The summed E-state index contributed by atoms with van der Waals surface area (Å²) in [7, 11) is 1.64. The lowest BCUT2D eigenvalue weighted by Gasteiger charge is -2.08. The standard InChI is InChI=1S/C19H15ClN4OS/c1-25-16-8-7-13-9-14(18(20)22-17(13)10-16)11-26-19-23-21-12-24(19)15-5-3-2-4-6-15/h2-10,12H,11H2,1H3. The van der Waals surface area contributed by atoms with E-state index < -0.39 is 0 Å². The molecular formula is C19H15ClN4OS. The minimum absolute atomic E-state index is 0.490. The Bertz CT molecular complexity index is 1050. The number of fused-ring (bicyclic) bond motifs is 1. The molecule has 0 saturated heterocycles. The summed E-state index contributed by atoms with van der Waals surface area (Å²) in [6.45, 7) is 0. The van der Waals surface area contributed by atoms with E-state index in [0.29, 0.717) is 10.9 Å². The van der Waals surface area contributed by atoms with Crippen LogP contribution in [0.1, 0.15) is 5.56 Å². The van der Waals surface area contributed by atoms with Crippen molar-refractivity contribution in [2.24, 2.45) is 0 Å². The highest BCUT2D eigenvalue weighted by Crippen LogP contribution is 2.29. The zero-order valence-electron chi connectivity index (χ0n) is 14.0. The van der Waals surface area contributed by atoms with Gasteiger partial charge in [0, 0.05) is 28.5 Å². The number of hydrogen-bond acceptors (Lipinski definition) is 5. The van der Waals surface area contributed by atoms with Gasteiger partial charge in [-0.3, -0.25) is 4.57 Å². The van der Waals surface area contributed by atoms with Crippen LogP contribution in [0.3, 0.4) is 0 Å². The third kappa shape index (κ3) is 3.38. The maximum atomic E-state index is 6.39. The molecule has 2 aromatic carbocycles. The first-order chi connectivity index (χ1) is 12.7. The fourth-order valence-corrected chi connectivity index (χ4v) is 3.82. The fourth-order valence-electron chi connectivity index (χ4n) is 2.63. The van der Waals surface area contributed by atoms with Crippen molar-refractivity contribution in [3.05, 3.63) is 71.6 Å². The van der Waals surface area contributed by atoms with Crippen molar-refractivity contribution in [3.63, 3.8) is 0 Å². The number of rotatable bonds is 5. The molecule has 5 nitrogen and oxygen atoms in total. The highest BCUT2D eigenvalue weighted by Gasteiger charge is 2.11. The van der Waals surface area contributed by atoms with Gasteiger partial charge in [-0.1, -0.05) is 41.6 Å². The van der Waals surface area contributed by atoms with Gasteiger partial charge >= 0.3 is 0 Å². The topological polar surface area (TPSA) is 52.8 Å². The first-order valence-electron chi connectivity index (χ1n) is 7.96. The number of halogens is 1. The summed E-state index contributed by atoms with van der Waals surface area (Å²) in [6.07, 6.45) is 1.71. The molecule has 130 valence electrons. The molecule has 0 aliphatic carbocycles. The molecule has 0 aliphatic heterocycles. The van der Waals surface area contributed by atoms with Gasteiger partial charge in [0.25, 0.3) is 0 Å². The molecule has 0 bridgehead atoms. The van der Waals surface area contributed by atoms with Crippen LogP contribution < -0.4 is 4.74 Å². The maximum Gasteiger partial charge on any atom is 0.195 e. The number of nitrogens with zero attached hydrogens (tertiary/aromatic N) is 4. The average Bonchev–Trinajstić information content (AvgIpc) is 3.15. The number of ether oxygens (including phenoxy) is 1. The summed E-state index contributed by atoms with van der Waals surface area (Å²) in [5, 5.41) is 10.6. The molecule has 4 rings (SSSR count). The van der Waals surface area contributed by atoms with Crippen molar-refractivity contribution >= 4 is 34.3 Å². The van der Waals surface area contributed by atoms with E-state index in [0.717, 1.165) is 33.1 Å². The molecule has 7 heteroatoms. The van der Waals surface area contributed by atoms with Crippen LogP contribution in [-0.4, -0.2) is 26.9 Å². The number of thioether (sulfide) groups is 1. The SMILES string of the molecule is COc1ccc2cc(CSc3nncn3-c3ccccc3)c(Cl)nc2c1. The van der Waals surface area contributed by atoms with Crippen LogP contribution in [0, 0.1) is 0 Å². The van der Waals surface area contributed by atoms with Crippen LogP contribution in [0.2, 0.25) is 5.15 Å². The maximum absolute atomic E-state index is 6.39. The molecule has 2 aromatic heterocycles. The van der Waals surface area contributed by atoms with E-state index in [1.165, 1.54) is 0 Å². The molecule has 0 spiro atoms. The predicted molar refractivity (Wildman–Crippen MR) is 104 cm³/mol. The molecule has 0 unspecified atom stereocenters. The summed E-state index contributed by atoms with van der Waals surface area (Å²) in [6, 6.07) is 17.8. The lowest BCUT2D eigenvalue weighted by atomic mass is 10.1. The van der Waals surface area contributed by atoms with E-state index in [-0.39, 0.29) is 0 Å². The van der Waals surface area contributed by atoms with Crippen molar-refractivity contribution in [1.82, 2.24) is 19.7 Å². The number of hydrogen-bond donors (Lipinski definition) is 0. The van der Waals surface area contributed by atoms with Crippen molar-refractivity contribution in [2.45, 2.75) is 10.9 Å². The van der Waals surface area contributed by atoms with E-state index in [1.54, 1.807) is 25.2 Å². The highest BCUT2D eigenvalue weighted by molar-refractivity contribution is 7.98. The van der Waals surface area contributed by atoms with Crippen LogP contribution in [0.25, 0.3) is 16.6 Å². The van der Waals surface area contributed by atoms with E-state index in [4.69, 9.17) is 16.3 Å². The second-order valence-electron chi connectivity index (χ2n) is 5.60. The molecule has 0 aliphatic rings. The van der Waals surface area contributed by atoms with Crippen molar-refractivity contribution < 1.29 is 4.74 Å². The van der Waals surface area contributed by atoms with Gasteiger partial charge in [-0.15, -0.1) is 10.2 Å². The normalized spacial score (nSPS) is 11.0. The summed E-state index contributed by atoms with van der Waals surface area (Å²) >= 11 is 7.96. The molecular weight excluding hydrogens is 368 g/mol. The number of pyridine rings is 1. The first kappa shape index (κ1) is 16.9. The molecule has 26 heavy (non-hydrogen) atoms. The van der Waals surface area contributed by atoms with E-state index in [1.807, 2.05) is 53.1 Å². The predicted octanol–water partition coefficient (Wildman–Crippen LogP) is 4.77. The van der Waals surface area contributed by atoms with Crippen molar-refractivity contribution in [1.29, 1.82) is 0 Å².